The SMILES string of the molecule is COc1cccc(S[C@H](CS(=O)Oc2ccccc2)C(F)(F)F)c1. The molecular weight excluding hydrogens is 361 g/mol. The van der Waals surface area contributed by atoms with Gasteiger partial charge in [0.05, 0.1) is 12.9 Å². The fraction of sp³-hybridized carbons (Fsp3) is 0.250. The average molecular weight is 376 g/mol. The molecule has 0 aromatic heterocycles. The van der Waals surface area contributed by atoms with Crippen molar-refractivity contribution >= 4 is 22.8 Å². The molecule has 0 aliphatic carbocycles. The number of benzene rings is 2. The van der Waals surface area contributed by atoms with Gasteiger partial charge in [0, 0.05) is 4.90 Å². The second-order valence-corrected chi connectivity index (χ2v) is 7.08. The van der Waals surface area contributed by atoms with Gasteiger partial charge in [-0.05, 0) is 30.3 Å². The first kappa shape index (κ1) is 18.7. The number of para-hydroxylation sites is 1. The van der Waals surface area contributed by atoms with E-state index in [-0.39, 0.29) is 5.75 Å². The highest BCUT2D eigenvalue weighted by atomic mass is 32.2. The summed E-state index contributed by atoms with van der Waals surface area (Å²) in [4.78, 5) is 0.383. The Morgan fingerprint density at radius 1 is 1.08 bits per heavy atom. The first-order valence-corrected chi connectivity index (χ1v) is 9.00. The van der Waals surface area contributed by atoms with E-state index >= 15 is 0 Å². The van der Waals surface area contributed by atoms with E-state index in [1.54, 1.807) is 36.4 Å². The normalized spacial score (nSPS) is 14.0. The van der Waals surface area contributed by atoms with Crippen molar-refractivity contribution in [3.8, 4) is 11.5 Å². The van der Waals surface area contributed by atoms with Gasteiger partial charge in [0.1, 0.15) is 16.7 Å². The molecule has 24 heavy (non-hydrogen) atoms. The van der Waals surface area contributed by atoms with E-state index in [1.807, 2.05) is 0 Å². The molecule has 8 heteroatoms. The first-order chi connectivity index (χ1) is 11.4. The predicted molar refractivity (Wildman–Crippen MR) is 88.8 cm³/mol. The molecule has 1 unspecified atom stereocenters. The number of rotatable bonds is 7. The van der Waals surface area contributed by atoms with Gasteiger partial charge >= 0.3 is 6.18 Å². The molecule has 0 aliphatic rings. The Bertz CT molecular complexity index is 678. The number of alkyl halides is 3. The van der Waals surface area contributed by atoms with Crippen molar-refractivity contribution in [3.05, 3.63) is 54.6 Å². The maximum absolute atomic E-state index is 13.2. The van der Waals surface area contributed by atoms with Crippen molar-refractivity contribution < 1.29 is 26.3 Å². The van der Waals surface area contributed by atoms with Gasteiger partial charge in [-0.2, -0.15) is 13.2 Å². The topological polar surface area (TPSA) is 35.5 Å². The molecule has 0 spiro atoms. The fourth-order valence-corrected chi connectivity index (χ4v) is 4.01. The van der Waals surface area contributed by atoms with Crippen LogP contribution >= 0.6 is 11.8 Å². The lowest BCUT2D eigenvalue weighted by atomic mass is 10.3. The van der Waals surface area contributed by atoms with Gasteiger partial charge < -0.3 is 8.92 Å². The largest absolute Gasteiger partial charge is 0.497 e. The molecule has 2 aromatic rings. The summed E-state index contributed by atoms with van der Waals surface area (Å²) in [5.74, 6) is 0.0611. The highest BCUT2D eigenvalue weighted by Gasteiger charge is 2.42. The minimum atomic E-state index is -4.51. The molecule has 0 amide bonds. The third-order valence-electron chi connectivity index (χ3n) is 2.90. The molecule has 3 nitrogen and oxygen atoms in total. The minimum absolute atomic E-state index is 0.267. The Morgan fingerprint density at radius 2 is 1.75 bits per heavy atom. The molecule has 0 aliphatic heterocycles. The lowest BCUT2D eigenvalue weighted by Gasteiger charge is -2.19. The summed E-state index contributed by atoms with van der Waals surface area (Å²) in [6.07, 6.45) is -4.51. The smallest absolute Gasteiger partial charge is 0.401 e. The summed E-state index contributed by atoms with van der Waals surface area (Å²) in [7, 11) is 1.44. The fourth-order valence-electron chi connectivity index (χ4n) is 1.78. The first-order valence-electron chi connectivity index (χ1n) is 6.87. The molecule has 0 bridgehead atoms. The van der Waals surface area contributed by atoms with Crippen LogP contribution < -0.4 is 8.92 Å². The van der Waals surface area contributed by atoms with E-state index in [9.17, 15) is 17.4 Å². The number of thioether (sulfide) groups is 1. The van der Waals surface area contributed by atoms with Gasteiger partial charge in [0.2, 0.25) is 11.1 Å². The third-order valence-corrected chi connectivity index (χ3v) is 5.34. The van der Waals surface area contributed by atoms with Crippen molar-refractivity contribution in [1.29, 1.82) is 0 Å². The van der Waals surface area contributed by atoms with Gasteiger partial charge in [0.15, 0.2) is 0 Å². The van der Waals surface area contributed by atoms with Gasteiger partial charge in [-0.25, -0.2) is 4.21 Å². The Hall–Kier alpha value is -1.67. The Kier molecular flexibility index (Phi) is 6.56. The number of methoxy groups -OCH3 is 1. The van der Waals surface area contributed by atoms with E-state index < -0.39 is 28.3 Å². The molecule has 0 heterocycles. The predicted octanol–water partition coefficient (Wildman–Crippen LogP) is 4.46. The van der Waals surface area contributed by atoms with Crippen LogP contribution in [0, 0.1) is 0 Å². The Balaban J connectivity index is 2.06. The second kappa shape index (κ2) is 8.43. The van der Waals surface area contributed by atoms with E-state index in [0.717, 1.165) is 0 Å². The standard InChI is InChI=1S/C16H15F3O3S2/c1-21-13-8-5-9-14(10-13)23-15(16(17,18)19)11-24(20)22-12-6-3-2-4-7-12/h2-10,15H,11H2,1H3/t15-,24?/m1/s1. The lowest BCUT2D eigenvalue weighted by Crippen LogP contribution is -2.32. The minimum Gasteiger partial charge on any atom is -0.497 e. The second-order valence-electron chi connectivity index (χ2n) is 4.69. The number of ether oxygens (including phenoxy) is 1. The van der Waals surface area contributed by atoms with Crippen LogP contribution in [0.3, 0.4) is 0 Å². The maximum atomic E-state index is 13.2. The molecule has 0 N–H and O–H groups in total. The van der Waals surface area contributed by atoms with Crippen molar-refractivity contribution in [2.24, 2.45) is 0 Å². The van der Waals surface area contributed by atoms with Crippen molar-refractivity contribution in [3.63, 3.8) is 0 Å². The van der Waals surface area contributed by atoms with Crippen LogP contribution in [-0.2, 0) is 11.1 Å². The van der Waals surface area contributed by atoms with Crippen molar-refractivity contribution in [2.45, 2.75) is 16.3 Å². The van der Waals surface area contributed by atoms with Crippen molar-refractivity contribution in [2.75, 3.05) is 12.9 Å². The van der Waals surface area contributed by atoms with Crippen LogP contribution in [0.25, 0.3) is 0 Å². The zero-order chi connectivity index (χ0) is 17.6. The lowest BCUT2D eigenvalue weighted by molar-refractivity contribution is -0.124. The summed E-state index contributed by atoms with van der Waals surface area (Å²) in [6.45, 7) is 0. The van der Waals surface area contributed by atoms with Gasteiger partial charge in [0.25, 0.3) is 0 Å². The van der Waals surface area contributed by atoms with E-state index in [1.165, 1.54) is 25.3 Å². The highest BCUT2D eigenvalue weighted by molar-refractivity contribution is 8.00. The molecular formula is C16H15F3O3S2. The summed E-state index contributed by atoms with van der Waals surface area (Å²) < 4.78 is 61.7. The molecule has 2 atom stereocenters. The van der Waals surface area contributed by atoms with Gasteiger partial charge in [-0.15, -0.1) is 11.8 Å². The van der Waals surface area contributed by atoms with Crippen LogP contribution in [0.5, 0.6) is 11.5 Å². The Labute approximate surface area is 144 Å². The molecule has 0 fully saturated rings. The van der Waals surface area contributed by atoms with Crippen molar-refractivity contribution in [1.82, 2.24) is 0 Å². The van der Waals surface area contributed by atoms with E-state index in [2.05, 4.69) is 0 Å². The molecule has 0 saturated heterocycles. The number of hydrogen-bond acceptors (Lipinski definition) is 4. The van der Waals surface area contributed by atoms with Crippen LogP contribution in [0.4, 0.5) is 13.2 Å². The zero-order valence-electron chi connectivity index (χ0n) is 12.7. The van der Waals surface area contributed by atoms with E-state index in [0.29, 0.717) is 22.4 Å². The molecule has 2 aromatic carbocycles. The average Bonchev–Trinajstić information content (AvgIpc) is 2.54. The summed E-state index contributed by atoms with van der Waals surface area (Å²) in [5.41, 5.74) is 0. The number of halogens is 3. The third kappa shape index (κ3) is 5.76. The highest BCUT2D eigenvalue weighted by Crippen LogP contribution is 2.37. The summed E-state index contributed by atoms with van der Waals surface area (Å²) in [5, 5.41) is -1.85. The van der Waals surface area contributed by atoms with Crippen LogP contribution in [0.15, 0.2) is 59.5 Å². The van der Waals surface area contributed by atoms with Gasteiger partial charge in [-0.3, -0.25) is 0 Å². The van der Waals surface area contributed by atoms with Gasteiger partial charge in [-0.1, -0.05) is 24.3 Å². The monoisotopic (exact) mass is 376 g/mol. The quantitative estimate of drug-likeness (QED) is 0.669. The van der Waals surface area contributed by atoms with Crippen LogP contribution in [0.1, 0.15) is 0 Å². The molecule has 0 saturated carbocycles. The molecule has 2 rings (SSSR count). The molecule has 130 valence electrons. The van der Waals surface area contributed by atoms with E-state index in [4.69, 9.17) is 8.92 Å². The summed E-state index contributed by atoms with van der Waals surface area (Å²) >= 11 is -1.51. The maximum Gasteiger partial charge on any atom is 0.401 e. The van der Waals surface area contributed by atoms with Crippen LogP contribution in [0.2, 0.25) is 0 Å². The number of hydrogen-bond donors (Lipinski definition) is 0. The summed E-state index contributed by atoms with van der Waals surface area (Å²) in [6, 6.07) is 14.4. The Morgan fingerprint density at radius 3 is 2.38 bits per heavy atom. The molecule has 0 radical (unpaired) electrons. The zero-order valence-corrected chi connectivity index (χ0v) is 14.3. The van der Waals surface area contributed by atoms with Crippen LogP contribution in [-0.4, -0.2) is 28.5 Å².